The first-order valence-electron chi connectivity index (χ1n) is 10.4. The molecule has 4 rings (SSSR count). The van der Waals surface area contributed by atoms with E-state index in [-0.39, 0.29) is 6.10 Å². The van der Waals surface area contributed by atoms with Crippen molar-refractivity contribution in [2.45, 2.75) is 49.5 Å². The van der Waals surface area contributed by atoms with E-state index in [0.717, 1.165) is 29.9 Å². The van der Waals surface area contributed by atoms with Crippen LogP contribution in [-0.4, -0.2) is 70.8 Å². The third-order valence-electron chi connectivity index (χ3n) is 5.77. The van der Waals surface area contributed by atoms with Gasteiger partial charge in [0.15, 0.2) is 0 Å². The lowest BCUT2D eigenvalue weighted by atomic mass is 9.96. The number of benzene rings is 2. The maximum Gasteiger partial charge on any atom is 0.124 e. The first-order valence-corrected chi connectivity index (χ1v) is 10.8. The monoisotopic (exact) mass is 450 g/mol. The van der Waals surface area contributed by atoms with Crippen molar-refractivity contribution >= 4 is 11.6 Å². The van der Waals surface area contributed by atoms with Crippen molar-refractivity contribution in [3.05, 3.63) is 64.2 Å². The molecule has 7 nitrogen and oxygen atoms in total. The SMILES string of the molecule is OCC(O)[C@H]1O[C@H](c2ccc(Cl)c(Cc3ccc(O[C@@H]4CCOC4)cc3)c2)[C@H](O)[C@H]1O. The average Bonchev–Trinajstić information content (AvgIpc) is 3.39. The van der Waals surface area contributed by atoms with Crippen LogP contribution >= 0.6 is 11.6 Å². The van der Waals surface area contributed by atoms with Gasteiger partial charge in [-0.2, -0.15) is 0 Å². The van der Waals surface area contributed by atoms with Crippen LogP contribution in [0.2, 0.25) is 5.02 Å². The predicted octanol–water partition coefficient (Wildman–Crippen LogP) is 1.61. The summed E-state index contributed by atoms with van der Waals surface area (Å²) in [7, 11) is 0. The third kappa shape index (κ3) is 5.04. The fourth-order valence-electron chi connectivity index (χ4n) is 4.01. The lowest BCUT2D eigenvalue weighted by molar-refractivity contribution is -0.0820. The van der Waals surface area contributed by atoms with Crippen LogP contribution in [0.4, 0.5) is 0 Å². The molecular weight excluding hydrogens is 424 g/mol. The molecule has 0 saturated carbocycles. The largest absolute Gasteiger partial charge is 0.488 e. The molecule has 2 heterocycles. The zero-order valence-electron chi connectivity index (χ0n) is 16.9. The van der Waals surface area contributed by atoms with Gasteiger partial charge in [-0.15, -0.1) is 0 Å². The molecule has 2 fully saturated rings. The van der Waals surface area contributed by atoms with Gasteiger partial charge >= 0.3 is 0 Å². The first kappa shape index (κ1) is 22.5. The van der Waals surface area contributed by atoms with E-state index in [1.807, 2.05) is 30.3 Å². The summed E-state index contributed by atoms with van der Waals surface area (Å²) in [5.74, 6) is 0.795. The maximum atomic E-state index is 10.4. The molecule has 168 valence electrons. The van der Waals surface area contributed by atoms with Crippen LogP contribution in [0.15, 0.2) is 42.5 Å². The van der Waals surface area contributed by atoms with Gasteiger partial charge in [0, 0.05) is 11.4 Å². The van der Waals surface area contributed by atoms with Crippen molar-refractivity contribution < 1.29 is 34.6 Å². The molecule has 31 heavy (non-hydrogen) atoms. The van der Waals surface area contributed by atoms with E-state index in [1.165, 1.54) is 0 Å². The summed E-state index contributed by atoms with van der Waals surface area (Å²) in [6, 6.07) is 13.1. The molecular formula is C23H27ClO7. The average molecular weight is 451 g/mol. The molecule has 0 aliphatic carbocycles. The van der Waals surface area contributed by atoms with E-state index < -0.39 is 37.1 Å². The minimum atomic E-state index is -1.30. The van der Waals surface area contributed by atoms with E-state index in [9.17, 15) is 15.3 Å². The molecule has 2 aliphatic heterocycles. The summed E-state index contributed by atoms with van der Waals surface area (Å²) in [6.45, 7) is 0.776. The molecule has 2 aromatic carbocycles. The highest BCUT2D eigenvalue weighted by atomic mass is 35.5. The van der Waals surface area contributed by atoms with Gasteiger partial charge in [0.1, 0.15) is 42.4 Å². The van der Waals surface area contributed by atoms with Crippen molar-refractivity contribution in [3.63, 3.8) is 0 Å². The van der Waals surface area contributed by atoms with Crippen LogP contribution in [0.5, 0.6) is 5.75 Å². The van der Waals surface area contributed by atoms with Crippen LogP contribution in [0, 0.1) is 0 Å². The number of halogens is 1. The van der Waals surface area contributed by atoms with E-state index in [1.54, 1.807) is 12.1 Å². The quantitative estimate of drug-likeness (QED) is 0.507. The molecule has 2 aliphatic rings. The van der Waals surface area contributed by atoms with Gasteiger partial charge in [-0.25, -0.2) is 0 Å². The summed E-state index contributed by atoms with van der Waals surface area (Å²) in [5, 5.41) is 40.1. The van der Waals surface area contributed by atoms with E-state index in [4.69, 9.17) is 30.9 Å². The number of ether oxygens (including phenoxy) is 3. The number of hydrogen-bond donors (Lipinski definition) is 4. The summed E-state index contributed by atoms with van der Waals surface area (Å²) < 4.78 is 16.9. The topological polar surface area (TPSA) is 109 Å². The Morgan fingerprint density at radius 2 is 1.87 bits per heavy atom. The van der Waals surface area contributed by atoms with Crippen LogP contribution in [-0.2, 0) is 15.9 Å². The van der Waals surface area contributed by atoms with Gasteiger partial charge in [0.05, 0.1) is 19.8 Å². The van der Waals surface area contributed by atoms with Crippen molar-refractivity contribution in [1.82, 2.24) is 0 Å². The van der Waals surface area contributed by atoms with Crippen LogP contribution in [0.3, 0.4) is 0 Å². The normalized spacial score (nSPS) is 29.3. The number of aliphatic hydroxyl groups excluding tert-OH is 4. The Bertz CT molecular complexity index is 869. The number of aliphatic hydroxyl groups is 4. The zero-order valence-corrected chi connectivity index (χ0v) is 17.7. The standard InChI is InChI=1S/C23H27ClO7/c24-18-6-3-14(22-20(27)21(28)23(31-22)19(26)11-25)10-15(18)9-13-1-4-16(5-2-13)30-17-7-8-29-12-17/h1-6,10,17,19-23,25-28H,7-9,11-12H2/t17-,19?,20-,21-,22-,23-/m1/s1. The van der Waals surface area contributed by atoms with Crippen molar-refractivity contribution in [2.75, 3.05) is 19.8 Å². The predicted molar refractivity (Wildman–Crippen MR) is 113 cm³/mol. The smallest absolute Gasteiger partial charge is 0.124 e. The van der Waals surface area contributed by atoms with Gasteiger partial charge in [0.25, 0.3) is 0 Å². The lowest BCUT2D eigenvalue weighted by Gasteiger charge is -2.19. The Balaban J connectivity index is 1.47. The second-order valence-electron chi connectivity index (χ2n) is 8.03. The molecule has 0 aromatic heterocycles. The first-order chi connectivity index (χ1) is 15.0. The highest BCUT2D eigenvalue weighted by Crippen LogP contribution is 2.36. The Labute approximate surface area is 185 Å². The maximum absolute atomic E-state index is 10.4. The van der Waals surface area contributed by atoms with Gasteiger partial charge in [-0.3, -0.25) is 0 Å². The van der Waals surface area contributed by atoms with Gasteiger partial charge in [0.2, 0.25) is 0 Å². The van der Waals surface area contributed by atoms with Gasteiger partial charge < -0.3 is 34.6 Å². The molecule has 6 atom stereocenters. The Kier molecular flexibility index (Phi) is 7.13. The fraction of sp³-hybridized carbons (Fsp3) is 0.478. The second-order valence-corrected chi connectivity index (χ2v) is 8.43. The molecule has 0 bridgehead atoms. The third-order valence-corrected chi connectivity index (χ3v) is 6.14. The molecule has 0 amide bonds. The van der Waals surface area contributed by atoms with Crippen LogP contribution in [0.1, 0.15) is 29.2 Å². The fourth-order valence-corrected chi connectivity index (χ4v) is 4.20. The highest BCUT2D eigenvalue weighted by molar-refractivity contribution is 6.31. The van der Waals surface area contributed by atoms with Crippen molar-refractivity contribution in [3.8, 4) is 5.75 Å². The Hall–Kier alpha value is -1.71. The zero-order chi connectivity index (χ0) is 22.0. The van der Waals surface area contributed by atoms with Crippen molar-refractivity contribution in [2.24, 2.45) is 0 Å². The van der Waals surface area contributed by atoms with E-state index >= 15 is 0 Å². The minimum absolute atomic E-state index is 0.0957. The molecule has 2 saturated heterocycles. The highest BCUT2D eigenvalue weighted by Gasteiger charge is 2.46. The molecule has 2 aromatic rings. The summed E-state index contributed by atoms with van der Waals surface area (Å²) in [5.41, 5.74) is 2.52. The van der Waals surface area contributed by atoms with Crippen molar-refractivity contribution in [1.29, 1.82) is 0 Å². The minimum Gasteiger partial charge on any atom is -0.488 e. The van der Waals surface area contributed by atoms with Gasteiger partial charge in [-0.1, -0.05) is 35.9 Å². The number of rotatable bonds is 7. The molecule has 8 heteroatoms. The summed E-state index contributed by atoms with van der Waals surface area (Å²) in [6.07, 6.45) is -4.15. The summed E-state index contributed by atoms with van der Waals surface area (Å²) >= 11 is 6.40. The van der Waals surface area contributed by atoms with Crippen LogP contribution in [0.25, 0.3) is 0 Å². The molecule has 4 N–H and O–H groups in total. The molecule has 0 spiro atoms. The number of hydrogen-bond acceptors (Lipinski definition) is 7. The Morgan fingerprint density at radius 3 is 2.55 bits per heavy atom. The van der Waals surface area contributed by atoms with Gasteiger partial charge in [-0.05, 0) is 41.3 Å². The molecule has 0 radical (unpaired) electrons. The summed E-state index contributed by atoms with van der Waals surface area (Å²) in [4.78, 5) is 0. The van der Waals surface area contributed by atoms with E-state index in [0.29, 0.717) is 23.6 Å². The lowest BCUT2D eigenvalue weighted by Crippen LogP contribution is -2.40. The second kappa shape index (κ2) is 9.83. The van der Waals surface area contributed by atoms with Crippen LogP contribution < -0.4 is 4.74 Å². The van der Waals surface area contributed by atoms with E-state index in [2.05, 4.69) is 0 Å². The molecule has 1 unspecified atom stereocenters. The Morgan fingerprint density at radius 1 is 1.10 bits per heavy atom.